The minimum Gasteiger partial charge on any atom is -0.544 e. The molecule has 2 N–H and O–H groups in total. The van der Waals surface area contributed by atoms with E-state index in [1.165, 1.54) is 0 Å². The first-order valence-electron chi connectivity index (χ1n) is 8.47. The number of nitrogens with zero attached hydrogens (tertiary/aromatic N) is 1. The molecule has 0 aliphatic rings. The SMILES string of the molecule is CCCCC/C=C/C[N+](CO)(C(CC)C(=O)[O-])C(CC)C(=O)O.[Li+]. The molecule has 0 radical (unpaired) electrons. The van der Waals surface area contributed by atoms with Crippen LogP contribution in [-0.2, 0) is 9.59 Å². The van der Waals surface area contributed by atoms with Crippen LogP contribution in [0.15, 0.2) is 12.2 Å². The van der Waals surface area contributed by atoms with Crippen molar-refractivity contribution in [3.8, 4) is 0 Å². The van der Waals surface area contributed by atoms with E-state index < -0.39 is 35.2 Å². The first-order chi connectivity index (χ1) is 10.9. The summed E-state index contributed by atoms with van der Waals surface area (Å²) >= 11 is 0. The third kappa shape index (κ3) is 6.98. The number of aliphatic hydroxyl groups is 1. The van der Waals surface area contributed by atoms with E-state index in [4.69, 9.17) is 0 Å². The fraction of sp³-hybridized carbons (Fsp3) is 0.765. The van der Waals surface area contributed by atoms with E-state index in [0.717, 1.165) is 25.7 Å². The molecule has 7 heteroatoms. The molecule has 0 amide bonds. The molecule has 6 nitrogen and oxygen atoms in total. The predicted molar refractivity (Wildman–Crippen MR) is 86.3 cm³/mol. The second kappa shape index (κ2) is 13.5. The fourth-order valence-electron chi connectivity index (χ4n) is 3.13. The molecule has 0 heterocycles. The van der Waals surface area contributed by atoms with Crippen LogP contribution < -0.4 is 24.0 Å². The van der Waals surface area contributed by atoms with Crippen LogP contribution in [0.25, 0.3) is 0 Å². The van der Waals surface area contributed by atoms with Crippen LogP contribution in [0.4, 0.5) is 0 Å². The zero-order valence-electron chi connectivity index (χ0n) is 15.5. The van der Waals surface area contributed by atoms with Gasteiger partial charge in [0.15, 0.2) is 12.8 Å². The van der Waals surface area contributed by atoms with Gasteiger partial charge >= 0.3 is 24.8 Å². The Morgan fingerprint density at radius 1 is 1.08 bits per heavy atom. The van der Waals surface area contributed by atoms with Crippen LogP contribution in [0.1, 0.15) is 59.3 Å². The van der Waals surface area contributed by atoms with Gasteiger partial charge in [-0.1, -0.05) is 39.7 Å². The van der Waals surface area contributed by atoms with E-state index in [-0.39, 0.29) is 38.2 Å². The number of carboxylic acids is 2. The van der Waals surface area contributed by atoms with E-state index in [9.17, 15) is 24.9 Å². The molecule has 0 aliphatic carbocycles. The Bertz CT molecular complexity index is 378. The molecular formula is C17H31LiNO5+. The Hall–Kier alpha value is -0.803. The minimum atomic E-state index is -1.32. The van der Waals surface area contributed by atoms with Gasteiger partial charge in [0.2, 0.25) is 0 Å². The minimum absolute atomic E-state index is 0. The van der Waals surface area contributed by atoms with Gasteiger partial charge in [0, 0.05) is 12.8 Å². The van der Waals surface area contributed by atoms with Crippen molar-refractivity contribution >= 4 is 11.9 Å². The largest absolute Gasteiger partial charge is 1.00 e. The van der Waals surface area contributed by atoms with E-state index in [1.807, 2.05) is 6.08 Å². The maximum atomic E-state index is 11.6. The summed E-state index contributed by atoms with van der Waals surface area (Å²) in [5.41, 5.74) is 0. The van der Waals surface area contributed by atoms with Gasteiger partial charge in [-0.3, -0.25) is 4.48 Å². The first kappa shape index (κ1) is 25.4. The van der Waals surface area contributed by atoms with Crippen LogP contribution in [0, 0.1) is 0 Å². The van der Waals surface area contributed by atoms with E-state index in [0.29, 0.717) is 0 Å². The monoisotopic (exact) mass is 336 g/mol. The molecule has 0 aromatic heterocycles. The standard InChI is InChI=1S/C17H31NO5.Li/c1-4-7-8-9-10-11-12-18(13-19,14(5-2)16(20)21)15(6-3)17(22)23;/h10-11,14-15,19H,4-9,12-13H2,1-3H3,(H-,20,21,22,23);/q;+1/b11-10+;. The van der Waals surface area contributed by atoms with E-state index in [1.54, 1.807) is 19.9 Å². The van der Waals surface area contributed by atoms with Crippen LogP contribution in [0.3, 0.4) is 0 Å². The molecule has 0 spiro atoms. The van der Waals surface area contributed by atoms with Crippen molar-refractivity contribution in [2.75, 3.05) is 13.3 Å². The average Bonchev–Trinajstić information content (AvgIpc) is 2.50. The summed E-state index contributed by atoms with van der Waals surface area (Å²) in [6.07, 6.45) is 8.32. The smallest absolute Gasteiger partial charge is 0.544 e. The third-order valence-electron chi connectivity index (χ3n) is 4.42. The van der Waals surface area contributed by atoms with Gasteiger partial charge in [-0.15, -0.1) is 0 Å². The number of aliphatic carboxylic acids is 2. The van der Waals surface area contributed by atoms with Gasteiger partial charge in [-0.05, 0) is 18.9 Å². The van der Waals surface area contributed by atoms with Crippen molar-refractivity contribution in [3.63, 3.8) is 0 Å². The second-order valence-corrected chi connectivity index (χ2v) is 5.90. The molecule has 3 unspecified atom stereocenters. The van der Waals surface area contributed by atoms with Crippen LogP contribution in [0.5, 0.6) is 0 Å². The molecule has 0 rings (SSSR count). The number of aliphatic hydroxyl groups excluding tert-OH is 1. The maximum absolute atomic E-state index is 11.6. The second-order valence-electron chi connectivity index (χ2n) is 5.90. The van der Waals surface area contributed by atoms with Crippen molar-refractivity contribution in [3.05, 3.63) is 12.2 Å². The zero-order chi connectivity index (χ0) is 17.9. The third-order valence-corrected chi connectivity index (χ3v) is 4.42. The number of unbranched alkanes of at least 4 members (excludes halogenated alkanes) is 3. The molecule has 0 aromatic carbocycles. The molecule has 0 aromatic rings. The maximum Gasteiger partial charge on any atom is 1.00 e. The van der Waals surface area contributed by atoms with Crippen LogP contribution in [-0.4, -0.2) is 52.0 Å². The predicted octanol–water partition coefficient (Wildman–Crippen LogP) is -1.71. The molecular weight excluding hydrogens is 305 g/mol. The van der Waals surface area contributed by atoms with Gasteiger partial charge in [0.25, 0.3) is 0 Å². The van der Waals surface area contributed by atoms with Crippen LogP contribution in [0.2, 0.25) is 0 Å². The van der Waals surface area contributed by atoms with Gasteiger partial charge in [0.05, 0.1) is 5.97 Å². The normalized spacial score (nSPS) is 16.2. The fourth-order valence-corrected chi connectivity index (χ4v) is 3.13. The zero-order valence-corrected chi connectivity index (χ0v) is 15.5. The summed E-state index contributed by atoms with van der Waals surface area (Å²) in [6.45, 7) is 5.09. The molecule has 0 saturated heterocycles. The molecule has 134 valence electrons. The summed E-state index contributed by atoms with van der Waals surface area (Å²) in [5.74, 6) is -2.42. The summed E-state index contributed by atoms with van der Waals surface area (Å²) < 4.78 is -0.422. The number of carbonyl (C=O) groups excluding carboxylic acids is 1. The van der Waals surface area contributed by atoms with E-state index >= 15 is 0 Å². The number of quaternary nitrogens is 1. The molecule has 0 bridgehead atoms. The van der Waals surface area contributed by atoms with Crippen molar-refractivity contribution < 1.29 is 48.3 Å². The number of hydrogen-bond donors (Lipinski definition) is 2. The molecule has 3 atom stereocenters. The van der Waals surface area contributed by atoms with Crippen molar-refractivity contribution in [2.24, 2.45) is 0 Å². The van der Waals surface area contributed by atoms with Crippen molar-refractivity contribution in [1.29, 1.82) is 0 Å². The summed E-state index contributed by atoms with van der Waals surface area (Å²) in [6, 6.07) is -2.04. The molecule has 0 saturated carbocycles. The van der Waals surface area contributed by atoms with E-state index in [2.05, 4.69) is 6.92 Å². The summed E-state index contributed by atoms with van der Waals surface area (Å²) in [4.78, 5) is 23.1. The Morgan fingerprint density at radius 3 is 2.04 bits per heavy atom. The summed E-state index contributed by atoms with van der Waals surface area (Å²) in [7, 11) is 0. The molecule has 0 fully saturated rings. The molecule has 0 aliphatic heterocycles. The quantitative estimate of drug-likeness (QED) is 0.137. The van der Waals surface area contributed by atoms with Crippen LogP contribution >= 0.6 is 0 Å². The topological polar surface area (TPSA) is 97.7 Å². The van der Waals surface area contributed by atoms with Gasteiger partial charge < -0.3 is 20.1 Å². The Morgan fingerprint density at radius 2 is 1.67 bits per heavy atom. The number of allylic oxidation sites excluding steroid dienone is 1. The van der Waals surface area contributed by atoms with Gasteiger partial charge in [-0.2, -0.15) is 0 Å². The Kier molecular flexibility index (Phi) is 14.3. The molecule has 24 heavy (non-hydrogen) atoms. The van der Waals surface area contributed by atoms with Gasteiger partial charge in [-0.25, -0.2) is 4.79 Å². The Balaban J connectivity index is 0. The number of carboxylic acid groups (broad SMARTS) is 2. The summed E-state index contributed by atoms with van der Waals surface area (Å²) in [5, 5.41) is 30.9. The van der Waals surface area contributed by atoms with Crippen molar-refractivity contribution in [2.45, 2.75) is 71.4 Å². The number of hydrogen-bond acceptors (Lipinski definition) is 4. The van der Waals surface area contributed by atoms with Gasteiger partial charge in [0.1, 0.15) is 12.6 Å². The Labute approximate surface area is 157 Å². The number of rotatable bonds is 13. The average molecular weight is 336 g/mol. The van der Waals surface area contributed by atoms with Crippen molar-refractivity contribution in [1.82, 2.24) is 0 Å². The number of carbonyl (C=O) groups is 2. The first-order valence-corrected chi connectivity index (χ1v) is 8.47.